The molecular weight excluding hydrogens is 198 g/mol. The molecule has 0 saturated carbocycles. The topological polar surface area (TPSA) is 30.7 Å². The maximum atomic E-state index is 5.75. The molecule has 2 aromatic rings. The first-order valence-electron chi connectivity index (χ1n) is 4.64. The molecule has 3 nitrogen and oxygen atoms in total. The van der Waals surface area contributed by atoms with Gasteiger partial charge < -0.3 is 0 Å². The van der Waals surface area contributed by atoms with Gasteiger partial charge >= 0.3 is 0 Å². The Hall–Kier alpha value is -1.09. The van der Waals surface area contributed by atoms with Crippen LogP contribution in [0.5, 0.6) is 0 Å². The average Bonchev–Trinajstić information content (AvgIpc) is 2.46. The molecule has 0 atom stereocenters. The largest absolute Gasteiger partial charge is 0.250 e. The van der Waals surface area contributed by atoms with Crippen molar-refractivity contribution in [3.63, 3.8) is 0 Å². The number of hydrogen-bond acceptors (Lipinski definition) is 2. The van der Waals surface area contributed by atoms with Crippen molar-refractivity contribution in [2.75, 3.05) is 0 Å². The second-order valence-corrected chi connectivity index (χ2v) is 3.10. The van der Waals surface area contributed by atoms with Crippen LogP contribution >= 0.6 is 11.6 Å². The Labute approximate surface area is 88.7 Å². The van der Waals surface area contributed by atoms with Gasteiger partial charge in [-0.3, -0.25) is 4.68 Å². The zero-order valence-corrected chi connectivity index (χ0v) is 9.63. The van der Waals surface area contributed by atoms with E-state index in [1.807, 2.05) is 33.9 Å². The zero-order valence-electron chi connectivity index (χ0n) is 8.87. The third-order valence-electron chi connectivity index (χ3n) is 1.84. The van der Waals surface area contributed by atoms with Crippen LogP contribution in [0.15, 0.2) is 12.1 Å². The van der Waals surface area contributed by atoms with Crippen LogP contribution in [0.3, 0.4) is 0 Å². The fraction of sp³-hybridized carbons (Fsp3) is 0.400. The van der Waals surface area contributed by atoms with Gasteiger partial charge in [-0.25, -0.2) is 4.98 Å². The minimum absolute atomic E-state index is 0.505. The summed E-state index contributed by atoms with van der Waals surface area (Å²) in [6.07, 6.45) is 0. The summed E-state index contributed by atoms with van der Waals surface area (Å²) in [6, 6.07) is 3.71. The van der Waals surface area contributed by atoms with Crippen LogP contribution < -0.4 is 0 Å². The van der Waals surface area contributed by atoms with E-state index < -0.39 is 0 Å². The molecular formula is C10H14ClN3. The highest BCUT2D eigenvalue weighted by molar-refractivity contribution is 6.29. The minimum Gasteiger partial charge on any atom is -0.250 e. The Morgan fingerprint density at radius 1 is 1.29 bits per heavy atom. The predicted octanol–water partition coefficient (Wildman–Crippen LogP) is 2.96. The summed E-state index contributed by atoms with van der Waals surface area (Å²) in [6.45, 7) is 5.96. The number of hydrogen-bond donors (Lipinski definition) is 0. The number of rotatable bonds is 0. The molecule has 0 fully saturated rings. The highest BCUT2D eigenvalue weighted by Crippen LogP contribution is 2.17. The Bertz CT molecular complexity index is 434. The van der Waals surface area contributed by atoms with Crippen LogP contribution in [0, 0.1) is 6.92 Å². The van der Waals surface area contributed by atoms with E-state index >= 15 is 0 Å². The van der Waals surface area contributed by atoms with Gasteiger partial charge in [0.15, 0.2) is 5.65 Å². The van der Waals surface area contributed by atoms with Crippen molar-refractivity contribution in [3.8, 4) is 0 Å². The molecule has 76 valence electrons. The summed E-state index contributed by atoms with van der Waals surface area (Å²) in [5, 5.41) is 5.79. The number of pyridine rings is 1. The quantitative estimate of drug-likeness (QED) is 0.628. The lowest BCUT2D eigenvalue weighted by molar-refractivity contribution is 0.774. The van der Waals surface area contributed by atoms with Gasteiger partial charge in [-0.1, -0.05) is 25.4 Å². The van der Waals surface area contributed by atoms with Crippen molar-refractivity contribution in [3.05, 3.63) is 23.0 Å². The van der Waals surface area contributed by atoms with Gasteiger partial charge in [0.1, 0.15) is 5.15 Å². The van der Waals surface area contributed by atoms with E-state index in [4.69, 9.17) is 11.6 Å². The first kappa shape index (κ1) is 11.0. The second-order valence-electron chi connectivity index (χ2n) is 2.71. The maximum absolute atomic E-state index is 5.75. The molecule has 0 unspecified atom stereocenters. The highest BCUT2D eigenvalue weighted by atomic mass is 35.5. The monoisotopic (exact) mass is 211 g/mol. The molecule has 14 heavy (non-hydrogen) atoms. The van der Waals surface area contributed by atoms with Crippen LogP contribution in [0.25, 0.3) is 11.0 Å². The van der Waals surface area contributed by atoms with Crippen LogP contribution in [0.1, 0.15) is 19.5 Å². The fourth-order valence-corrected chi connectivity index (χ4v) is 1.42. The standard InChI is InChI=1S/C8H8ClN3.C2H6/c1-5-6-3-4-7(9)10-8(6)12(2)11-5;1-2/h3-4H,1-2H3;1-2H3. The molecule has 0 aliphatic carbocycles. The van der Waals surface area contributed by atoms with Crippen LogP contribution in [-0.4, -0.2) is 14.8 Å². The number of nitrogens with zero attached hydrogens (tertiary/aromatic N) is 3. The average molecular weight is 212 g/mol. The van der Waals surface area contributed by atoms with Crippen LogP contribution in [0.4, 0.5) is 0 Å². The van der Waals surface area contributed by atoms with Crippen molar-refractivity contribution in [2.24, 2.45) is 7.05 Å². The summed E-state index contributed by atoms with van der Waals surface area (Å²) in [4.78, 5) is 4.16. The fourth-order valence-electron chi connectivity index (χ4n) is 1.28. The van der Waals surface area contributed by atoms with Crippen LogP contribution in [0.2, 0.25) is 5.15 Å². The lowest BCUT2D eigenvalue weighted by atomic mass is 10.3. The zero-order chi connectivity index (χ0) is 10.7. The molecule has 0 amide bonds. The van der Waals surface area contributed by atoms with Crippen molar-refractivity contribution in [1.82, 2.24) is 14.8 Å². The van der Waals surface area contributed by atoms with E-state index in [2.05, 4.69) is 10.1 Å². The van der Waals surface area contributed by atoms with Gasteiger partial charge in [-0.05, 0) is 19.1 Å². The molecule has 4 heteroatoms. The molecule has 2 rings (SSSR count). The van der Waals surface area contributed by atoms with Gasteiger partial charge in [0.05, 0.1) is 5.69 Å². The summed E-state index contributed by atoms with van der Waals surface area (Å²) < 4.78 is 1.73. The van der Waals surface area contributed by atoms with Gasteiger partial charge in [0, 0.05) is 12.4 Å². The Morgan fingerprint density at radius 3 is 2.57 bits per heavy atom. The van der Waals surface area contributed by atoms with Crippen molar-refractivity contribution >= 4 is 22.6 Å². The molecule has 0 aliphatic heterocycles. The van der Waals surface area contributed by atoms with Crippen LogP contribution in [-0.2, 0) is 7.05 Å². The van der Waals surface area contributed by atoms with E-state index in [-0.39, 0.29) is 0 Å². The number of fused-ring (bicyclic) bond motifs is 1. The minimum atomic E-state index is 0.505. The Balaban J connectivity index is 0.000000461. The molecule has 0 spiro atoms. The number of halogens is 1. The predicted molar refractivity (Wildman–Crippen MR) is 59.6 cm³/mol. The molecule has 0 bridgehead atoms. The molecule has 0 N–H and O–H groups in total. The van der Waals surface area contributed by atoms with E-state index in [0.717, 1.165) is 16.7 Å². The lowest BCUT2D eigenvalue weighted by Crippen LogP contribution is -1.91. The van der Waals surface area contributed by atoms with Gasteiger partial charge in [0.25, 0.3) is 0 Å². The van der Waals surface area contributed by atoms with Gasteiger partial charge in [0.2, 0.25) is 0 Å². The summed E-state index contributed by atoms with van der Waals surface area (Å²) in [7, 11) is 1.86. The van der Waals surface area contributed by atoms with Crippen molar-refractivity contribution in [2.45, 2.75) is 20.8 Å². The molecule has 0 radical (unpaired) electrons. The summed E-state index contributed by atoms with van der Waals surface area (Å²) in [5.41, 5.74) is 1.82. The third kappa shape index (κ3) is 1.87. The van der Waals surface area contributed by atoms with E-state index in [1.54, 1.807) is 10.7 Å². The Morgan fingerprint density at radius 2 is 1.93 bits per heavy atom. The number of aryl methyl sites for hydroxylation is 2. The van der Waals surface area contributed by atoms with Crippen molar-refractivity contribution in [1.29, 1.82) is 0 Å². The molecule has 0 aromatic carbocycles. The molecule has 2 aromatic heterocycles. The van der Waals surface area contributed by atoms with E-state index in [1.165, 1.54) is 0 Å². The summed E-state index contributed by atoms with van der Waals surface area (Å²) >= 11 is 5.75. The highest BCUT2D eigenvalue weighted by Gasteiger charge is 2.05. The maximum Gasteiger partial charge on any atom is 0.159 e. The smallest absolute Gasteiger partial charge is 0.159 e. The first-order valence-corrected chi connectivity index (χ1v) is 5.02. The van der Waals surface area contributed by atoms with E-state index in [9.17, 15) is 0 Å². The molecule has 2 heterocycles. The summed E-state index contributed by atoms with van der Waals surface area (Å²) in [5.74, 6) is 0. The van der Waals surface area contributed by atoms with Gasteiger partial charge in [-0.15, -0.1) is 0 Å². The van der Waals surface area contributed by atoms with Crippen molar-refractivity contribution < 1.29 is 0 Å². The molecule has 0 saturated heterocycles. The normalized spacial score (nSPS) is 9.79. The second kappa shape index (κ2) is 4.42. The third-order valence-corrected chi connectivity index (χ3v) is 2.05. The SMILES string of the molecule is CC.Cc1nn(C)c2nc(Cl)ccc12. The molecule has 0 aliphatic rings. The lowest BCUT2D eigenvalue weighted by Gasteiger charge is -1.92. The number of aromatic nitrogens is 3. The van der Waals surface area contributed by atoms with Gasteiger partial charge in [-0.2, -0.15) is 5.10 Å². The van der Waals surface area contributed by atoms with E-state index in [0.29, 0.717) is 5.15 Å². The first-order chi connectivity index (χ1) is 6.68. The Kier molecular flexibility index (Phi) is 3.47.